The number of rotatable bonds is 4. The van der Waals surface area contributed by atoms with Gasteiger partial charge in [-0.1, -0.05) is 0 Å². The summed E-state index contributed by atoms with van der Waals surface area (Å²) in [5.74, 6) is -0.304. The molecule has 1 unspecified atom stereocenters. The van der Waals surface area contributed by atoms with Gasteiger partial charge < -0.3 is 20.3 Å². The summed E-state index contributed by atoms with van der Waals surface area (Å²) in [6.45, 7) is 2.87. The Kier molecular flexibility index (Phi) is 9.36. The zero-order valence-electron chi connectivity index (χ0n) is 12.4. The molecule has 0 spiro atoms. The Balaban J connectivity index is 0.00000220. The maximum atomic E-state index is 12.9. The molecule has 1 saturated heterocycles. The molecule has 1 atom stereocenters. The SMILES string of the molecule is COC(CN)C(=O)N1CCN(c2ccc(F)cc2)CC1.Cl.Cl. The molecular formula is C14H22Cl2FN3O2. The number of nitrogens with zero attached hydrogens (tertiary/aromatic N) is 2. The van der Waals surface area contributed by atoms with Crippen molar-refractivity contribution >= 4 is 36.4 Å². The highest BCUT2D eigenvalue weighted by atomic mass is 35.5. The molecule has 5 nitrogen and oxygen atoms in total. The minimum atomic E-state index is -0.563. The Labute approximate surface area is 142 Å². The van der Waals surface area contributed by atoms with Crippen LogP contribution in [0.25, 0.3) is 0 Å². The van der Waals surface area contributed by atoms with Crippen LogP contribution in [-0.4, -0.2) is 56.7 Å². The molecule has 0 bridgehead atoms. The predicted molar refractivity (Wildman–Crippen MR) is 89.5 cm³/mol. The highest BCUT2D eigenvalue weighted by Gasteiger charge is 2.26. The molecule has 1 aromatic rings. The van der Waals surface area contributed by atoms with Crippen LogP contribution in [0.3, 0.4) is 0 Å². The molecule has 1 aliphatic heterocycles. The molecule has 22 heavy (non-hydrogen) atoms. The minimum absolute atomic E-state index is 0. The van der Waals surface area contributed by atoms with Gasteiger partial charge in [-0.25, -0.2) is 4.39 Å². The van der Waals surface area contributed by atoms with Crippen molar-refractivity contribution in [3.8, 4) is 0 Å². The zero-order chi connectivity index (χ0) is 14.5. The van der Waals surface area contributed by atoms with Crippen molar-refractivity contribution in [2.45, 2.75) is 6.10 Å². The first-order valence-corrected chi connectivity index (χ1v) is 6.68. The van der Waals surface area contributed by atoms with Crippen molar-refractivity contribution in [3.63, 3.8) is 0 Å². The number of halogens is 3. The Morgan fingerprint density at radius 3 is 2.23 bits per heavy atom. The molecule has 0 aromatic heterocycles. The second kappa shape index (κ2) is 9.84. The number of hydrogen-bond donors (Lipinski definition) is 1. The molecule has 0 saturated carbocycles. The molecule has 2 rings (SSSR count). The first-order chi connectivity index (χ1) is 9.65. The smallest absolute Gasteiger partial charge is 0.253 e. The average molecular weight is 354 g/mol. The third-order valence-electron chi connectivity index (χ3n) is 3.56. The van der Waals surface area contributed by atoms with Crippen molar-refractivity contribution in [1.82, 2.24) is 4.90 Å². The standard InChI is InChI=1S/C14H20FN3O2.2ClH/c1-20-13(10-16)14(19)18-8-6-17(7-9-18)12-4-2-11(15)3-5-12;;/h2-5,13H,6-10,16H2,1H3;2*1H. The van der Waals surface area contributed by atoms with E-state index in [2.05, 4.69) is 4.90 Å². The van der Waals surface area contributed by atoms with Crippen LogP contribution in [0.4, 0.5) is 10.1 Å². The second-order valence-electron chi connectivity index (χ2n) is 4.75. The van der Waals surface area contributed by atoms with Crippen molar-refractivity contribution in [1.29, 1.82) is 0 Å². The Bertz CT molecular complexity index is 450. The molecule has 1 aliphatic rings. The van der Waals surface area contributed by atoms with E-state index in [1.54, 1.807) is 17.0 Å². The number of carbonyl (C=O) groups excluding carboxylic acids is 1. The fourth-order valence-electron chi connectivity index (χ4n) is 2.34. The third kappa shape index (κ3) is 4.98. The number of ether oxygens (including phenoxy) is 1. The summed E-state index contributed by atoms with van der Waals surface area (Å²) in [5.41, 5.74) is 6.48. The summed E-state index contributed by atoms with van der Waals surface area (Å²) in [4.78, 5) is 16.0. The van der Waals surface area contributed by atoms with E-state index in [4.69, 9.17) is 10.5 Å². The number of carbonyl (C=O) groups is 1. The molecule has 0 radical (unpaired) electrons. The van der Waals surface area contributed by atoms with Crippen molar-refractivity contribution < 1.29 is 13.9 Å². The Morgan fingerprint density at radius 2 is 1.77 bits per heavy atom. The number of nitrogens with two attached hydrogens (primary N) is 1. The van der Waals surface area contributed by atoms with Gasteiger partial charge in [0.15, 0.2) is 0 Å². The molecule has 1 fully saturated rings. The van der Waals surface area contributed by atoms with Crippen LogP contribution in [0.15, 0.2) is 24.3 Å². The fraction of sp³-hybridized carbons (Fsp3) is 0.500. The van der Waals surface area contributed by atoms with Gasteiger partial charge in [-0.3, -0.25) is 4.79 Å². The van der Waals surface area contributed by atoms with Gasteiger partial charge in [-0.2, -0.15) is 0 Å². The van der Waals surface area contributed by atoms with Crippen molar-refractivity contribution in [2.75, 3.05) is 44.7 Å². The molecule has 8 heteroatoms. The fourth-order valence-corrected chi connectivity index (χ4v) is 2.34. The predicted octanol–water partition coefficient (Wildman–Crippen LogP) is 1.29. The van der Waals surface area contributed by atoms with Crippen molar-refractivity contribution in [2.24, 2.45) is 5.73 Å². The molecular weight excluding hydrogens is 332 g/mol. The number of methoxy groups -OCH3 is 1. The van der Waals surface area contributed by atoms with E-state index in [0.717, 1.165) is 18.8 Å². The minimum Gasteiger partial charge on any atom is -0.370 e. The van der Waals surface area contributed by atoms with Crippen LogP contribution in [0.1, 0.15) is 0 Å². The monoisotopic (exact) mass is 353 g/mol. The first-order valence-electron chi connectivity index (χ1n) is 6.68. The third-order valence-corrected chi connectivity index (χ3v) is 3.56. The summed E-state index contributed by atoms with van der Waals surface area (Å²) < 4.78 is 18.0. The molecule has 1 amide bonds. The normalized spacial score (nSPS) is 15.6. The molecule has 1 heterocycles. The van der Waals surface area contributed by atoms with E-state index in [9.17, 15) is 9.18 Å². The number of benzene rings is 1. The topological polar surface area (TPSA) is 58.8 Å². The lowest BCUT2D eigenvalue weighted by Gasteiger charge is -2.37. The van der Waals surface area contributed by atoms with E-state index >= 15 is 0 Å². The number of amides is 1. The lowest BCUT2D eigenvalue weighted by atomic mass is 10.2. The zero-order valence-corrected chi connectivity index (χ0v) is 14.0. The van der Waals surface area contributed by atoms with Gasteiger partial charge in [-0.15, -0.1) is 24.8 Å². The van der Waals surface area contributed by atoms with Crippen LogP contribution in [0, 0.1) is 5.82 Å². The Hall–Kier alpha value is -1.08. The maximum absolute atomic E-state index is 12.9. The van der Waals surface area contributed by atoms with Gasteiger partial charge in [-0.05, 0) is 24.3 Å². The van der Waals surface area contributed by atoms with E-state index in [1.807, 2.05) is 0 Å². The van der Waals surface area contributed by atoms with Gasteiger partial charge >= 0.3 is 0 Å². The maximum Gasteiger partial charge on any atom is 0.253 e. The van der Waals surface area contributed by atoms with Crippen LogP contribution >= 0.6 is 24.8 Å². The largest absolute Gasteiger partial charge is 0.370 e. The number of anilines is 1. The summed E-state index contributed by atoms with van der Waals surface area (Å²) in [6.07, 6.45) is -0.563. The summed E-state index contributed by atoms with van der Waals surface area (Å²) in [5, 5.41) is 0. The number of piperazine rings is 1. The highest BCUT2D eigenvalue weighted by molar-refractivity contribution is 5.85. The van der Waals surface area contributed by atoms with Crippen LogP contribution in [-0.2, 0) is 9.53 Å². The Morgan fingerprint density at radius 1 is 1.23 bits per heavy atom. The van der Waals surface area contributed by atoms with Crippen LogP contribution in [0.2, 0.25) is 0 Å². The van der Waals surface area contributed by atoms with Crippen LogP contribution < -0.4 is 10.6 Å². The van der Waals surface area contributed by atoms with Gasteiger partial charge in [0.05, 0.1) is 0 Å². The van der Waals surface area contributed by atoms with Crippen LogP contribution in [0.5, 0.6) is 0 Å². The van der Waals surface area contributed by atoms with E-state index in [0.29, 0.717) is 13.1 Å². The molecule has 1 aromatic carbocycles. The van der Waals surface area contributed by atoms with E-state index in [1.165, 1.54) is 19.2 Å². The first kappa shape index (κ1) is 20.9. The quantitative estimate of drug-likeness (QED) is 0.885. The summed E-state index contributed by atoms with van der Waals surface area (Å²) in [7, 11) is 1.49. The van der Waals surface area contributed by atoms with E-state index < -0.39 is 6.10 Å². The van der Waals surface area contributed by atoms with Gasteiger partial charge in [0.1, 0.15) is 11.9 Å². The van der Waals surface area contributed by atoms with Crippen molar-refractivity contribution in [3.05, 3.63) is 30.1 Å². The van der Waals surface area contributed by atoms with Gasteiger partial charge in [0.2, 0.25) is 0 Å². The van der Waals surface area contributed by atoms with Gasteiger partial charge in [0, 0.05) is 45.5 Å². The summed E-state index contributed by atoms with van der Waals surface area (Å²) >= 11 is 0. The molecule has 2 N–H and O–H groups in total. The van der Waals surface area contributed by atoms with Gasteiger partial charge in [0.25, 0.3) is 5.91 Å². The lowest BCUT2D eigenvalue weighted by Crippen LogP contribution is -2.53. The highest BCUT2D eigenvalue weighted by Crippen LogP contribution is 2.17. The second-order valence-corrected chi connectivity index (χ2v) is 4.75. The summed E-state index contributed by atoms with van der Waals surface area (Å²) in [6, 6.07) is 6.40. The molecule has 0 aliphatic carbocycles. The average Bonchev–Trinajstić information content (AvgIpc) is 2.49. The molecule has 126 valence electrons. The number of hydrogen-bond acceptors (Lipinski definition) is 4. The lowest BCUT2D eigenvalue weighted by molar-refractivity contribution is -0.141. The van der Waals surface area contributed by atoms with E-state index in [-0.39, 0.29) is 43.1 Å².